The molecule has 1 aromatic carbocycles. The molecule has 88 valence electrons. The Balaban J connectivity index is 2.52. The summed E-state index contributed by atoms with van der Waals surface area (Å²) in [5.74, 6) is -0.372. The molecule has 0 aliphatic carbocycles. The molecule has 0 aliphatic heterocycles. The lowest BCUT2D eigenvalue weighted by Crippen LogP contribution is -1.96. The molecular weight excluding hydrogens is 241 g/mol. The summed E-state index contributed by atoms with van der Waals surface area (Å²) in [4.78, 5) is 3.98. The van der Waals surface area contributed by atoms with E-state index in [9.17, 15) is 4.39 Å². The minimum Gasteiger partial charge on any atom is -0.396 e. The maximum absolute atomic E-state index is 13.8. The summed E-state index contributed by atoms with van der Waals surface area (Å²) in [6, 6.07) is 6.29. The first kappa shape index (κ1) is 12.0. The molecular formula is C13H11ClFNO. The Hall–Kier alpha value is -1.45. The molecule has 0 spiro atoms. The van der Waals surface area contributed by atoms with Crippen molar-refractivity contribution in [3.8, 4) is 11.1 Å². The van der Waals surface area contributed by atoms with Crippen LogP contribution in [-0.2, 0) is 6.42 Å². The number of aliphatic hydroxyl groups excluding tert-OH is 1. The maximum atomic E-state index is 13.8. The molecule has 0 saturated heterocycles. The lowest BCUT2D eigenvalue weighted by Gasteiger charge is -2.09. The van der Waals surface area contributed by atoms with Gasteiger partial charge in [-0.05, 0) is 41.8 Å². The van der Waals surface area contributed by atoms with Gasteiger partial charge in [0.1, 0.15) is 5.82 Å². The van der Waals surface area contributed by atoms with Crippen LogP contribution in [0, 0.1) is 5.82 Å². The molecule has 1 aromatic heterocycles. The second-order valence-electron chi connectivity index (χ2n) is 3.63. The molecule has 0 bridgehead atoms. The van der Waals surface area contributed by atoms with Gasteiger partial charge in [-0.2, -0.15) is 0 Å². The Labute approximate surface area is 104 Å². The van der Waals surface area contributed by atoms with Gasteiger partial charge in [-0.1, -0.05) is 11.6 Å². The highest BCUT2D eigenvalue weighted by atomic mass is 35.5. The van der Waals surface area contributed by atoms with Crippen molar-refractivity contribution in [2.45, 2.75) is 6.42 Å². The molecule has 4 heteroatoms. The van der Waals surface area contributed by atoms with Gasteiger partial charge < -0.3 is 5.11 Å². The molecule has 0 unspecified atom stereocenters. The number of nitrogens with zero attached hydrogens (tertiary/aromatic N) is 1. The van der Waals surface area contributed by atoms with Crippen molar-refractivity contribution >= 4 is 11.6 Å². The van der Waals surface area contributed by atoms with Crippen LogP contribution < -0.4 is 0 Å². The number of halogens is 2. The van der Waals surface area contributed by atoms with E-state index in [0.29, 0.717) is 17.0 Å². The summed E-state index contributed by atoms with van der Waals surface area (Å²) in [5, 5.41) is 9.33. The van der Waals surface area contributed by atoms with E-state index >= 15 is 0 Å². The summed E-state index contributed by atoms with van der Waals surface area (Å²) in [6.45, 7) is 0.00784. The first-order chi connectivity index (χ1) is 8.22. The molecule has 0 amide bonds. The van der Waals surface area contributed by atoms with Gasteiger partial charge in [-0.15, -0.1) is 0 Å². The third kappa shape index (κ3) is 2.62. The van der Waals surface area contributed by atoms with Crippen LogP contribution in [0.4, 0.5) is 4.39 Å². The molecule has 0 atom stereocenters. The Kier molecular flexibility index (Phi) is 3.71. The van der Waals surface area contributed by atoms with Crippen molar-refractivity contribution in [1.29, 1.82) is 0 Å². The third-order valence-electron chi connectivity index (χ3n) is 2.51. The fraction of sp³-hybridized carbons (Fsp3) is 0.154. The number of hydrogen-bond donors (Lipinski definition) is 1. The predicted octanol–water partition coefficient (Wildman–Crippen LogP) is 3.08. The molecule has 17 heavy (non-hydrogen) atoms. The summed E-state index contributed by atoms with van der Waals surface area (Å²) in [7, 11) is 0. The number of aliphatic hydroxyl groups is 1. The Morgan fingerprint density at radius 3 is 2.76 bits per heavy atom. The molecule has 0 radical (unpaired) electrons. The van der Waals surface area contributed by atoms with E-state index in [1.165, 1.54) is 6.07 Å². The van der Waals surface area contributed by atoms with Crippen molar-refractivity contribution in [3.05, 3.63) is 53.1 Å². The topological polar surface area (TPSA) is 33.1 Å². The monoisotopic (exact) mass is 251 g/mol. The van der Waals surface area contributed by atoms with Crippen LogP contribution in [0.5, 0.6) is 0 Å². The van der Waals surface area contributed by atoms with Gasteiger partial charge in [0, 0.05) is 29.6 Å². The van der Waals surface area contributed by atoms with Crippen LogP contribution in [0.3, 0.4) is 0 Å². The fourth-order valence-corrected chi connectivity index (χ4v) is 1.88. The zero-order chi connectivity index (χ0) is 12.3. The Bertz CT molecular complexity index is 531. The summed E-state index contributed by atoms with van der Waals surface area (Å²) in [6.07, 6.45) is 3.69. The van der Waals surface area contributed by atoms with Gasteiger partial charge in [-0.3, -0.25) is 4.98 Å². The largest absolute Gasteiger partial charge is 0.396 e. The normalized spacial score (nSPS) is 10.5. The zero-order valence-corrected chi connectivity index (χ0v) is 9.78. The number of pyridine rings is 1. The van der Waals surface area contributed by atoms with Gasteiger partial charge in [0.15, 0.2) is 0 Å². The third-order valence-corrected chi connectivity index (χ3v) is 2.74. The maximum Gasteiger partial charge on any atom is 0.132 e. The van der Waals surface area contributed by atoms with Crippen LogP contribution in [-0.4, -0.2) is 16.7 Å². The summed E-state index contributed by atoms with van der Waals surface area (Å²) >= 11 is 5.71. The fourth-order valence-electron chi connectivity index (χ4n) is 1.72. The van der Waals surface area contributed by atoms with Crippen LogP contribution in [0.2, 0.25) is 5.02 Å². The molecule has 1 N–H and O–H groups in total. The van der Waals surface area contributed by atoms with E-state index in [4.69, 9.17) is 16.7 Å². The van der Waals surface area contributed by atoms with Crippen molar-refractivity contribution in [1.82, 2.24) is 4.98 Å². The average molecular weight is 252 g/mol. The number of aromatic nitrogens is 1. The second kappa shape index (κ2) is 5.25. The lowest BCUT2D eigenvalue weighted by atomic mass is 10.00. The van der Waals surface area contributed by atoms with Gasteiger partial charge in [0.05, 0.1) is 0 Å². The van der Waals surface area contributed by atoms with Gasteiger partial charge in [0.2, 0.25) is 0 Å². The highest BCUT2D eigenvalue weighted by Crippen LogP contribution is 2.27. The van der Waals surface area contributed by atoms with Crippen molar-refractivity contribution in [3.63, 3.8) is 0 Å². The Morgan fingerprint density at radius 2 is 2.06 bits per heavy atom. The molecule has 2 rings (SSSR count). The van der Waals surface area contributed by atoms with E-state index < -0.39 is 0 Å². The van der Waals surface area contributed by atoms with E-state index in [1.807, 2.05) is 0 Å². The molecule has 2 nitrogen and oxygen atoms in total. The van der Waals surface area contributed by atoms with E-state index in [-0.39, 0.29) is 12.4 Å². The quantitative estimate of drug-likeness (QED) is 0.909. The summed E-state index contributed by atoms with van der Waals surface area (Å²) in [5.41, 5.74) is 2.03. The predicted molar refractivity (Wildman–Crippen MR) is 65.4 cm³/mol. The minimum absolute atomic E-state index is 0.00784. The average Bonchev–Trinajstić information content (AvgIpc) is 2.31. The SMILES string of the molecule is OCCc1cnccc1-c1ccc(Cl)cc1F. The number of benzene rings is 1. The number of hydrogen-bond acceptors (Lipinski definition) is 2. The number of rotatable bonds is 3. The zero-order valence-electron chi connectivity index (χ0n) is 9.03. The first-order valence-electron chi connectivity index (χ1n) is 5.21. The van der Waals surface area contributed by atoms with Crippen LogP contribution in [0.25, 0.3) is 11.1 Å². The van der Waals surface area contributed by atoms with Crippen molar-refractivity contribution < 1.29 is 9.50 Å². The van der Waals surface area contributed by atoms with Crippen molar-refractivity contribution in [2.75, 3.05) is 6.61 Å². The van der Waals surface area contributed by atoms with E-state index in [1.54, 1.807) is 30.6 Å². The minimum atomic E-state index is -0.372. The highest BCUT2D eigenvalue weighted by Gasteiger charge is 2.09. The van der Waals surface area contributed by atoms with E-state index in [0.717, 1.165) is 11.1 Å². The van der Waals surface area contributed by atoms with E-state index in [2.05, 4.69) is 4.98 Å². The highest BCUT2D eigenvalue weighted by molar-refractivity contribution is 6.30. The van der Waals surface area contributed by atoms with Crippen LogP contribution >= 0.6 is 11.6 Å². The second-order valence-corrected chi connectivity index (χ2v) is 4.07. The van der Waals surface area contributed by atoms with Gasteiger partial charge in [-0.25, -0.2) is 4.39 Å². The molecule has 1 heterocycles. The van der Waals surface area contributed by atoms with Crippen molar-refractivity contribution in [2.24, 2.45) is 0 Å². The smallest absolute Gasteiger partial charge is 0.132 e. The standard InChI is InChI=1S/C13H11ClFNO/c14-10-1-2-12(13(15)7-10)11-3-5-16-8-9(11)4-6-17/h1-3,5,7-8,17H,4,6H2. The lowest BCUT2D eigenvalue weighted by molar-refractivity contribution is 0.299. The Morgan fingerprint density at radius 1 is 1.24 bits per heavy atom. The first-order valence-corrected chi connectivity index (χ1v) is 5.59. The molecule has 0 saturated carbocycles. The van der Waals surface area contributed by atoms with Crippen LogP contribution in [0.15, 0.2) is 36.7 Å². The van der Waals surface area contributed by atoms with Crippen LogP contribution in [0.1, 0.15) is 5.56 Å². The molecule has 0 aliphatic rings. The molecule has 0 fully saturated rings. The van der Waals surface area contributed by atoms with Gasteiger partial charge in [0.25, 0.3) is 0 Å². The summed E-state index contributed by atoms with van der Waals surface area (Å²) < 4.78 is 13.8. The molecule has 2 aromatic rings. The van der Waals surface area contributed by atoms with Gasteiger partial charge >= 0.3 is 0 Å².